The van der Waals surface area contributed by atoms with Gasteiger partial charge in [-0.15, -0.1) is 0 Å². The third kappa shape index (κ3) is 5.27. The Bertz CT molecular complexity index is 2240. The Kier molecular flexibility index (Phi) is 7.26. The van der Waals surface area contributed by atoms with Gasteiger partial charge in [0, 0.05) is 17.3 Å². The number of nitrogens with two attached hydrogens (primary N) is 1. The molecule has 3 heteroatoms. The quantitative estimate of drug-likeness (QED) is 0.124. The highest BCUT2D eigenvalue weighted by atomic mass is 14.7. The lowest BCUT2D eigenvalue weighted by Crippen LogP contribution is -2.07. The first-order valence-corrected chi connectivity index (χ1v) is 14.7. The predicted molar refractivity (Wildman–Crippen MR) is 184 cm³/mol. The minimum Gasteiger partial charge on any atom is -0.321 e. The van der Waals surface area contributed by atoms with Gasteiger partial charge in [0.1, 0.15) is 0 Å². The van der Waals surface area contributed by atoms with Gasteiger partial charge in [0.25, 0.3) is 0 Å². The second-order valence-electron chi connectivity index (χ2n) is 10.9. The summed E-state index contributed by atoms with van der Waals surface area (Å²) in [5, 5.41) is 16.4. The number of rotatable bonds is 6. The number of fused-ring (bicyclic) bond motifs is 4. The molecule has 0 spiro atoms. The molecule has 0 saturated carbocycles. The van der Waals surface area contributed by atoms with Crippen molar-refractivity contribution < 1.29 is 0 Å². The van der Waals surface area contributed by atoms with Gasteiger partial charge in [0.15, 0.2) is 0 Å². The molecule has 0 bridgehead atoms. The molecule has 7 aromatic carbocycles. The third-order valence-corrected chi connectivity index (χ3v) is 8.17. The van der Waals surface area contributed by atoms with Crippen molar-refractivity contribution in [3.63, 3.8) is 0 Å². The van der Waals surface area contributed by atoms with Gasteiger partial charge in [-0.1, -0.05) is 121 Å². The van der Waals surface area contributed by atoms with Crippen molar-refractivity contribution in [3.05, 3.63) is 174 Å². The summed E-state index contributed by atoms with van der Waals surface area (Å²) in [6.45, 7) is 0. The van der Waals surface area contributed by atoms with Crippen LogP contribution < -0.4 is 5.73 Å². The van der Waals surface area contributed by atoms with Gasteiger partial charge >= 0.3 is 0 Å². The highest BCUT2D eigenvalue weighted by Gasteiger charge is 2.12. The summed E-state index contributed by atoms with van der Waals surface area (Å²) in [6.07, 6.45) is 4.03. The van der Waals surface area contributed by atoms with Crippen molar-refractivity contribution in [1.82, 2.24) is 0 Å². The Morgan fingerprint density at radius 1 is 0.614 bits per heavy atom. The fourth-order valence-electron chi connectivity index (χ4n) is 5.88. The molecule has 0 radical (unpaired) electrons. The van der Waals surface area contributed by atoms with Crippen LogP contribution in [0.15, 0.2) is 157 Å². The molecule has 44 heavy (non-hydrogen) atoms. The Morgan fingerprint density at radius 3 is 2.14 bits per heavy atom. The largest absolute Gasteiger partial charge is 0.321 e. The van der Waals surface area contributed by atoms with Crippen LogP contribution in [0.2, 0.25) is 0 Å². The molecule has 0 heterocycles. The maximum absolute atomic E-state index is 9.25. The second kappa shape index (κ2) is 11.8. The van der Waals surface area contributed by atoms with E-state index in [1.54, 1.807) is 0 Å². The first kappa shape index (κ1) is 27.0. The van der Waals surface area contributed by atoms with Crippen molar-refractivity contribution in [2.75, 3.05) is 0 Å². The summed E-state index contributed by atoms with van der Waals surface area (Å²) in [5.74, 6) is 0. The van der Waals surface area contributed by atoms with E-state index in [1.807, 2.05) is 73.0 Å². The average Bonchev–Trinajstić information content (AvgIpc) is 3.09. The number of hydrogen-bond donors (Lipinski definition) is 1. The zero-order valence-electron chi connectivity index (χ0n) is 24.1. The van der Waals surface area contributed by atoms with Crippen molar-refractivity contribution >= 4 is 44.2 Å². The fraction of sp³-hybridized carbons (Fsp3) is 0.0244. The molecule has 0 aliphatic rings. The van der Waals surface area contributed by atoms with Crippen LogP contribution in [0, 0.1) is 11.3 Å². The molecule has 7 aromatic rings. The summed E-state index contributed by atoms with van der Waals surface area (Å²) < 4.78 is 0. The van der Waals surface area contributed by atoms with Gasteiger partial charge in [-0.3, -0.25) is 4.99 Å². The normalized spacial score (nSPS) is 12.6. The number of aliphatic imine (C=N–C) groups is 1. The van der Waals surface area contributed by atoms with Crippen LogP contribution in [0.25, 0.3) is 49.1 Å². The van der Waals surface area contributed by atoms with E-state index in [0.717, 1.165) is 44.3 Å². The van der Waals surface area contributed by atoms with Gasteiger partial charge < -0.3 is 5.73 Å². The third-order valence-electron chi connectivity index (χ3n) is 8.17. The highest BCUT2D eigenvalue weighted by Crippen LogP contribution is 2.33. The van der Waals surface area contributed by atoms with Crippen LogP contribution >= 0.6 is 0 Å². The van der Waals surface area contributed by atoms with E-state index >= 15 is 0 Å². The van der Waals surface area contributed by atoms with E-state index in [2.05, 4.69) is 91.0 Å². The molecule has 3 nitrogen and oxygen atoms in total. The van der Waals surface area contributed by atoms with Gasteiger partial charge in [-0.2, -0.15) is 5.26 Å². The Morgan fingerprint density at radius 2 is 1.34 bits per heavy atom. The average molecular weight is 564 g/mol. The lowest BCUT2D eigenvalue weighted by atomic mass is 9.94. The Balaban J connectivity index is 1.40. The molecule has 2 N–H and O–H groups in total. The van der Waals surface area contributed by atoms with Gasteiger partial charge in [-0.05, 0) is 79.3 Å². The Labute approximate surface area is 256 Å². The lowest BCUT2D eigenvalue weighted by molar-refractivity contribution is 0.911. The van der Waals surface area contributed by atoms with Gasteiger partial charge in [0.05, 0.1) is 23.4 Å². The molecule has 0 saturated heterocycles. The molecule has 0 aliphatic carbocycles. The molecule has 0 aromatic heterocycles. The smallest absolute Gasteiger partial charge is 0.0991 e. The van der Waals surface area contributed by atoms with Crippen molar-refractivity contribution in [3.8, 4) is 17.2 Å². The number of nitrogens with zero attached hydrogens (tertiary/aromatic N) is 2. The standard InChI is InChI=1S/C41H29N3/c42-26-28-17-19-29(20-18-28)32-13-8-14-34(23-32)41(25-40(43)31-10-2-1-3-11-31)44-27-39-36-16-7-5-12-33(36)24-38-35-15-6-4-9-30(35)21-22-37(38)39/h1-25,27,40H,43H2/b41-25-,44-27+. The van der Waals surface area contributed by atoms with Gasteiger partial charge in [0.2, 0.25) is 0 Å². The SMILES string of the molecule is N#Cc1ccc(-c2cccc(C(=C/C(N)c3ccccc3)/N=C/c3c4ccccc4cc4c3ccc3ccccc34)c2)cc1. The lowest BCUT2D eigenvalue weighted by Gasteiger charge is -2.13. The molecular formula is C41H29N3. The van der Waals surface area contributed by atoms with E-state index < -0.39 is 0 Å². The number of hydrogen-bond acceptors (Lipinski definition) is 3. The van der Waals surface area contributed by atoms with Crippen LogP contribution in [0.3, 0.4) is 0 Å². The van der Waals surface area contributed by atoms with Crippen molar-refractivity contribution in [1.29, 1.82) is 5.26 Å². The van der Waals surface area contributed by atoms with E-state index in [-0.39, 0.29) is 6.04 Å². The van der Waals surface area contributed by atoms with Crippen molar-refractivity contribution in [2.45, 2.75) is 6.04 Å². The topological polar surface area (TPSA) is 62.2 Å². The monoisotopic (exact) mass is 563 g/mol. The van der Waals surface area contributed by atoms with E-state index in [0.29, 0.717) is 5.56 Å². The molecule has 7 rings (SSSR count). The molecule has 208 valence electrons. The van der Waals surface area contributed by atoms with Crippen LogP contribution in [-0.2, 0) is 0 Å². The number of nitriles is 1. The summed E-state index contributed by atoms with van der Waals surface area (Å²) in [7, 11) is 0. The predicted octanol–water partition coefficient (Wildman–Crippen LogP) is 9.84. The van der Waals surface area contributed by atoms with E-state index in [4.69, 9.17) is 10.7 Å². The molecular weight excluding hydrogens is 534 g/mol. The van der Waals surface area contributed by atoms with E-state index in [9.17, 15) is 5.26 Å². The number of benzene rings is 7. The van der Waals surface area contributed by atoms with Crippen LogP contribution in [0.1, 0.15) is 28.3 Å². The summed E-state index contributed by atoms with van der Waals surface area (Å²) in [4.78, 5) is 5.19. The molecule has 0 fully saturated rings. The summed E-state index contributed by atoms with van der Waals surface area (Å²) in [6, 6.07) is 51.6. The Hall–Kier alpha value is -5.82. The fourth-order valence-corrected chi connectivity index (χ4v) is 5.88. The van der Waals surface area contributed by atoms with Crippen molar-refractivity contribution in [2.24, 2.45) is 10.7 Å². The summed E-state index contributed by atoms with van der Waals surface area (Å²) >= 11 is 0. The van der Waals surface area contributed by atoms with Crippen LogP contribution in [-0.4, -0.2) is 6.21 Å². The minimum atomic E-state index is -0.338. The maximum atomic E-state index is 9.25. The van der Waals surface area contributed by atoms with Gasteiger partial charge in [-0.25, -0.2) is 0 Å². The molecule has 1 unspecified atom stereocenters. The molecule has 1 atom stereocenters. The summed E-state index contributed by atoms with van der Waals surface area (Å²) in [5.41, 5.74) is 13.3. The zero-order valence-corrected chi connectivity index (χ0v) is 24.1. The first-order valence-electron chi connectivity index (χ1n) is 14.7. The molecule has 0 aliphatic heterocycles. The zero-order chi connectivity index (χ0) is 29.9. The molecule has 0 amide bonds. The highest BCUT2D eigenvalue weighted by molar-refractivity contribution is 6.20. The maximum Gasteiger partial charge on any atom is 0.0991 e. The first-order chi connectivity index (χ1) is 21.7. The second-order valence-corrected chi connectivity index (χ2v) is 10.9. The van der Waals surface area contributed by atoms with E-state index in [1.165, 1.54) is 21.5 Å². The van der Waals surface area contributed by atoms with Crippen LogP contribution in [0.4, 0.5) is 0 Å². The minimum absolute atomic E-state index is 0.338. The van der Waals surface area contributed by atoms with Crippen LogP contribution in [0.5, 0.6) is 0 Å².